The van der Waals surface area contributed by atoms with Crippen molar-refractivity contribution in [1.82, 2.24) is 4.98 Å². The molecule has 0 spiro atoms. The Labute approximate surface area is 76.3 Å². The molecule has 66 valence electrons. The van der Waals surface area contributed by atoms with Crippen molar-refractivity contribution < 1.29 is 9.47 Å². The second kappa shape index (κ2) is 4.16. The highest BCUT2D eigenvalue weighted by molar-refractivity contribution is 6.30. The van der Waals surface area contributed by atoms with Crippen LogP contribution in [0.2, 0.25) is 5.02 Å². The van der Waals surface area contributed by atoms with Crippen LogP contribution in [0.3, 0.4) is 0 Å². The lowest BCUT2D eigenvalue weighted by Gasteiger charge is -2.06. The van der Waals surface area contributed by atoms with Gasteiger partial charge in [-0.3, -0.25) is 0 Å². The van der Waals surface area contributed by atoms with E-state index < -0.39 is 0 Å². The Hall–Kier alpha value is -0.960. The molecule has 0 bridgehead atoms. The summed E-state index contributed by atoms with van der Waals surface area (Å²) < 4.78 is 10.2. The van der Waals surface area contributed by atoms with Crippen molar-refractivity contribution in [2.75, 3.05) is 13.7 Å². The number of hydrogen-bond acceptors (Lipinski definition) is 3. The molecule has 0 amide bonds. The summed E-state index contributed by atoms with van der Waals surface area (Å²) in [7, 11) is 1.55. The van der Waals surface area contributed by atoms with Crippen LogP contribution in [0, 0.1) is 0 Å². The lowest BCUT2D eigenvalue weighted by molar-refractivity contribution is 0.298. The van der Waals surface area contributed by atoms with Crippen LogP contribution in [-0.4, -0.2) is 18.7 Å². The van der Waals surface area contributed by atoms with E-state index in [1.807, 2.05) is 6.92 Å². The predicted molar refractivity (Wildman–Crippen MR) is 47.0 cm³/mol. The molecule has 3 nitrogen and oxygen atoms in total. The fourth-order valence-electron chi connectivity index (χ4n) is 0.800. The second-order valence-electron chi connectivity index (χ2n) is 2.09. The predicted octanol–water partition coefficient (Wildman–Crippen LogP) is 2.14. The third-order valence-electron chi connectivity index (χ3n) is 1.29. The topological polar surface area (TPSA) is 31.4 Å². The molecule has 0 aromatic carbocycles. The molecule has 4 heteroatoms. The number of ether oxygens (including phenoxy) is 2. The van der Waals surface area contributed by atoms with Crippen LogP contribution in [-0.2, 0) is 0 Å². The van der Waals surface area contributed by atoms with E-state index in [1.165, 1.54) is 6.20 Å². The molecular weight excluding hydrogens is 178 g/mol. The maximum absolute atomic E-state index is 5.70. The molecule has 1 aromatic heterocycles. The van der Waals surface area contributed by atoms with E-state index in [0.29, 0.717) is 23.3 Å². The minimum Gasteiger partial charge on any atom is -0.491 e. The first kappa shape index (κ1) is 9.13. The molecule has 0 saturated heterocycles. The summed E-state index contributed by atoms with van der Waals surface area (Å²) in [6, 6.07) is 1.67. The van der Waals surface area contributed by atoms with Gasteiger partial charge >= 0.3 is 0 Å². The van der Waals surface area contributed by atoms with E-state index in [1.54, 1.807) is 13.2 Å². The number of methoxy groups -OCH3 is 1. The molecular formula is C8H10ClNO2. The molecule has 12 heavy (non-hydrogen) atoms. The van der Waals surface area contributed by atoms with Crippen molar-refractivity contribution in [3.8, 4) is 11.6 Å². The third-order valence-corrected chi connectivity index (χ3v) is 1.49. The molecule has 1 rings (SSSR count). The number of pyridine rings is 1. The molecule has 0 N–H and O–H groups in total. The van der Waals surface area contributed by atoms with Crippen molar-refractivity contribution in [1.29, 1.82) is 0 Å². The number of aromatic nitrogens is 1. The zero-order valence-electron chi connectivity index (χ0n) is 7.00. The van der Waals surface area contributed by atoms with Gasteiger partial charge in [0.15, 0.2) is 5.75 Å². The van der Waals surface area contributed by atoms with Gasteiger partial charge in [0.05, 0.1) is 18.7 Å². The first-order valence-electron chi connectivity index (χ1n) is 3.60. The monoisotopic (exact) mass is 187 g/mol. The van der Waals surface area contributed by atoms with Crippen LogP contribution in [0.25, 0.3) is 0 Å². The van der Waals surface area contributed by atoms with Crippen molar-refractivity contribution in [2.45, 2.75) is 6.92 Å². The highest BCUT2D eigenvalue weighted by Crippen LogP contribution is 2.26. The Bertz CT molecular complexity index is 265. The Kier molecular flexibility index (Phi) is 3.17. The van der Waals surface area contributed by atoms with E-state index in [-0.39, 0.29) is 0 Å². The van der Waals surface area contributed by atoms with Crippen LogP contribution in [0.5, 0.6) is 11.6 Å². The average Bonchev–Trinajstić information content (AvgIpc) is 2.08. The number of nitrogens with zero attached hydrogens (tertiary/aromatic N) is 1. The van der Waals surface area contributed by atoms with Crippen LogP contribution in [0.1, 0.15) is 6.92 Å². The van der Waals surface area contributed by atoms with Gasteiger partial charge < -0.3 is 9.47 Å². The summed E-state index contributed by atoms with van der Waals surface area (Å²) >= 11 is 5.70. The second-order valence-corrected chi connectivity index (χ2v) is 2.53. The smallest absolute Gasteiger partial charge is 0.257 e. The average molecular weight is 188 g/mol. The quantitative estimate of drug-likeness (QED) is 0.727. The Morgan fingerprint density at radius 2 is 2.33 bits per heavy atom. The van der Waals surface area contributed by atoms with Crippen LogP contribution < -0.4 is 9.47 Å². The first-order chi connectivity index (χ1) is 5.77. The fourth-order valence-corrected chi connectivity index (χ4v) is 0.947. The molecule has 0 aliphatic rings. The van der Waals surface area contributed by atoms with Crippen LogP contribution >= 0.6 is 11.6 Å². The zero-order valence-corrected chi connectivity index (χ0v) is 7.76. The Morgan fingerprint density at radius 3 is 2.92 bits per heavy atom. The van der Waals surface area contributed by atoms with Gasteiger partial charge in [0.25, 0.3) is 5.88 Å². The minimum atomic E-state index is 0.476. The molecule has 0 fully saturated rings. The van der Waals surface area contributed by atoms with E-state index in [0.717, 1.165) is 0 Å². The zero-order chi connectivity index (χ0) is 8.97. The van der Waals surface area contributed by atoms with Crippen LogP contribution in [0.15, 0.2) is 12.3 Å². The fraction of sp³-hybridized carbons (Fsp3) is 0.375. The maximum atomic E-state index is 5.70. The summed E-state index contributed by atoms with van der Waals surface area (Å²) in [4.78, 5) is 3.96. The number of hydrogen-bond donors (Lipinski definition) is 0. The van der Waals surface area contributed by atoms with Gasteiger partial charge in [0.2, 0.25) is 0 Å². The van der Waals surface area contributed by atoms with Gasteiger partial charge in [-0.1, -0.05) is 11.6 Å². The highest BCUT2D eigenvalue weighted by Gasteiger charge is 2.04. The van der Waals surface area contributed by atoms with Gasteiger partial charge in [-0.2, -0.15) is 0 Å². The molecule has 0 aliphatic carbocycles. The first-order valence-corrected chi connectivity index (χ1v) is 3.98. The molecule has 0 radical (unpaired) electrons. The SMILES string of the molecule is CCOc1ncc(Cl)cc1OC. The van der Waals surface area contributed by atoms with Crippen molar-refractivity contribution in [3.05, 3.63) is 17.3 Å². The molecule has 0 aliphatic heterocycles. The van der Waals surface area contributed by atoms with Gasteiger partial charge in [0.1, 0.15) is 0 Å². The molecule has 1 aromatic rings. The van der Waals surface area contributed by atoms with Gasteiger partial charge in [-0.25, -0.2) is 4.98 Å². The molecule has 0 atom stereocenters. The number of halogens is 1. The largest absolute Gasteiger partial charge is 0.491 e. The Balaban J connectivity index is 2.94. The molecule has 1 heterocycles. The van der Waals surface area contributed by atoms with Gasteiger partial charge in [0, 0.05) is 12.3 Å². The van der Waals surface area contributed by atoms with Gasteiger partial charge in [-0.05, 0) is 6.92 Å². The van der Waals surface area contributed by atoms with E-state index >= 15 is 0 Å². The summed E-state index contributed by atoms with van der Waals surface area (Å²) in [5.41, 5.74) is 0. The van der Waals surface area contributed by atoms with Crippen molar-refractivity contribution in [2.24, 2.45) is 0 Å². The van der Waals surface area contributed by atoms with Gasteiger partial charge in [-0.15, -0.1) is 0 Å². The van der Waals surface area contributed by atoms with E-state index in [2.05, 4.69) is 4.98 Å². The van der Waals surface area contributed by atoms with Crippen molar-refractivity contribution in [3.63, 3.8) is 0 Å². The third kappa shape index (κ3) is 2.01. The summed E-state index contributed by atoms with van der Waals surface area (Å²) in [6.07, 6.45) is 1.52. The number of rotatable bonds is 3. The summed E-state index contributed by atoms with van der Waals surface area (Å²) in [5.74, 6) is 1.04. The lowest BCUT2D eigenvalue weighted by atomic mass is 10.4. The standard InChI is InChI=1S/C8H10ClNO2/c1-3-12-8-7(11-2)4-6(9)5-10-8/h4-5H,3H2,1-2H3. The molecule has 0 saturated carbocycles. The molecule has 0 unspecified atom stereocenters. The normalized spacial score (nSPS) is 9.58. The van der Waals surface area contributed by atoms with E-state index in [9.17, 15) is 0 Å². The highest BCUT2D eigenvalue weighted by atomic mass is 35.5. The summed E-state index contributed by atoms with van der Waals surface area (Å²) in [6.45, 7) is 2.45. The minimum absolute atomic E-state index is 0.476. The van der Waals surface area contributed by atoms with Crippen molar-refractivity contribution >= 4 is 11.6 Å². The summed E-state index contributed by atoms with van der Waals surface area (Å²) in [5, 5.41) is 0.537. The Morgan fingerprint density at radius 1 is 1.58 bits per heavy atom. The maximum Gasteiger partial charge on any atom is 0.257 e. The van der Waals surface area contributed by atoms with E-state index in [4.69, 9.17) is 21.1 Å². The van der Waals surface area contributed by atoms with Crippen LogP contribution in [0.4, 0.5) is 0 Å². The lowest BCUT2D eigenvalue weighted by Crippen LogP contribution is -1.97.